The zero-order valence-electron chi connectivity index (χ0n) is 10.1. The first-order valence-electron chi connectivity index (χ1n) is 5.97. The van der Waals surface area contributed by atoms with Gasteiger partial charge in [0.1, 0.15) is 0 Å². The van der Waals surface area contributed by atoms with E-state index in [1.807, 2.05) is 6.92 Å². The monoisotopic (exact) mass is 259 g/mol. The van der Waals surface area contributed by atoms with E-state index in [4.69, 9.17) is 4.74 Å². The van der Waals surface area contributed by atoms with E-state index >= 15 is 0 Å². The molecule has 2 atom stereocenters. The fourth-order valence-corrected chi connectivity index (χ4v) is 2.09. The van der Waals surface area contributed by atoms with Crippen LogP contribution >= 0.6 is 0 Å². The number of nitrogens with one attached hydrogen (secondary N) is 1. The van der Waals surface area contributed by atoms with Gasteiger partial charge in [0.25, 0.3) is 0 Å². The van der Waals surface area contributed by atoms with Crippen molar-refractivity contribution < 1.29 is 17.9 Å². The predicted molar refractivity (Wildman–Crippen MR) is 62.2 cm³/mol. The third-order valence-electron chi connectivity index (χ3n) is 3.02. The molecule has 1 fully saturated rings. The molecule has 0 aliphatic carbocycles. The summed E-state index contributed by atoms with van der Waals surface area (Å²) in [6.45, 7) is 3.66. The fraction of sp³-hybridized carbons (Fsp3) is 0.538. The summed E-state index contributed by atoms with van der Waals surface area (Å²) in [5, 5.41) is 3.13. The van der Waals surface area contributed by atoms with Gasteiger partial charge in [0.05, 0.1) is 18.3 Å². The van der Waals surface area contributed by atoms with Gasteiger partial charge in [-0.1, -0.05) is 25.1 Å². The van der Waals surface area contributed by atoms with Crippen LogP contribution in [0.5, 0.6) is 0 Å². The Balaban J connectivity index is 2.27. The van der Waals surface area contributed by atoms with Crippen LogP contribution in [0, 0.1) is 5.92 Å². The number of hydrogen-bond acceptors (Lipinski definition) is 2. The smallest absolute Gasteiger partial charge is 0.372 e. The molecule has 2 rings (SSSR count). The minimum atomic E-state index is -4.34. The van der Waals surface area contributed by atoms with Crippen molar-refractivity contribution in [3.8, 4) is 0 Å². The maximum Gasteiger partial charge on any atom is 0.416 e. The number of rotatable bonds is 1. The lowest BCUT2D eigenvalue weighted by molar-refractivity contribution is -0.139. The van der Waals surface area contributed by atoms with Crippen molar-refractivity contribution in [2.75, 3.05) is 19.7 Å². The molecule has 1 N–H and O–H groups in total. The molecule has 1 heterocycles. The molecule has 0 radical (unpaired) electrons. The van der Waals surface area contributed by atoms with Crippen LogP contribution in [0.15, 0.2) is 24.3 Å². The molecule has 2 nitrogen and oxygen atoms in total. The lowest BCUT2D eigenvalue weighted by atomic mass is 10.0. The highest BCUT2D eigenvalue weighted by Gasteiger charge is 2.35. The van der Waals surface area contributed by atoms with E-state index in [2.05, 4.69) is 5.32 Å². The van der Waals surface area contributed by atoms with Crippen LogP contribution in [0.2, 0.25) is 0 Å². The van der Waals surface area contributed by atoms with Gasteiger partial charge in [-0.2, -0.15) is 13.2 Å². The summed E-state index contributed by atoms with van der Waals surface area (Å²) in [5.41, 5.74) is -0.391. The highest BCUT2D eigenvalue weighted by molar-refractivity contribution is 5.32. The molecule has 0 aromatic heterocycles. The van der Waals surface area contributed by atoms with Crippen molar-refractivity contribution in [1.29, 1.82) is 0 Å². The Morgan fingerprint density at radius 3 is 2.67 bits per heavy atom. The quantitative estimate of drug-likeness (QED) is 0.837. The van der Waals surface area contributed by atoms with Gasteiger partial charge < -0.3 is 10.1 Å². The number of ether oxygens (including phenoxy) is 1. The molecule has 0 bridgehead atoms. The van der Waals surface area contributed by atoms with Crippen LogP contribution in [0.25, 0.3) is 0 Å². The molecule has 5 heteroatoms. The van der Waals surface area contributed by atoms with Crippen molar-refractivity contribution in [1.82, 2.24) is 5.32 Å². The van der Waals surface area contributed by atoms with Gasteiger partial charge in [-0.3, -0.25) is 0 Å². The standard InChI is InChI=1S/C13H16F3NO/c1-9-6-17-7-12(18-8-9)10-4-2-3-5-11(10)13(14,15)16/h2-5,9,12,17H,6-8H2,1H3. The first kappa shape index (κ1) is 13.4. The van der Waals surface area contributed by atoms with Crippen molar-refractivity contribution in [2.24, 2.45) is 5.92 Å². The van der Waals surface area contributed by atoms with Gasteiger partial charge in [-0.05, 0) is 17.5 Å². The molecule has 100 valence electrons. The normalized spacial score (nSPS) is 25.8. The first-order valence-corrected chi connectivity index (χ1v) is 5.97. The molecule has 1 saturated heterocycles. The maximum atomic E-state index is 12.9. The Morgan fingerprint density at radius 1 is 1.22 bits per heavy atom. The van der Waals surface area contributed by atoms with E-state index in [1.54, 1.807) is 6.07 Å². The van der Waals surface area contributed by atoms with Gasteiger partial charge in [0.15, 0.2) is 0 Å². The molecular formula is C13H16F3NO. The van der Waals surface area contributed by atoms with Crippen molar-refractivity contribution in [3.63, 3.8) is 0 Å². The maximum absolute atomic E-state index is 12.9. The summed E-state index contributed by atoms with van der Waals surface area (Å²) in [4.78, 5) is 0. The molecule has 0 amide bonds. The highest BCUT2D eigenvalue weighted by atomic mass is 19.4. The minimum Gasteiger partial charge on any atom is -0.372 e. The molecule has 0 spiro atoms. The van der Waals surface area contributed by atoms with Gasteiger partial charge in [0.2, 0.25) is 0 Å². The Bertz CT molecular complexity index is 405. The first-order chi connectivity index (χ1) is 8.48. The second kappa shape index (κ2) is 5.28. The van der Waals surface area contributed by atoms with Crippen LogP contribution in [-0.4, -0.2) is 19.7 Å². The molecule has 1 aromatic rings. The number of alkyl halides is 3. The SMILES string of the molecule is CC1CNCC(c2ccccc2C(F)(F)F)OC1. The van der Waals surface area contributed by atoms with Gasteiger partial charge in [-0.15, -0.1) is 0 Å². The summed E-state index contributed by atoms with van der Waals surface area (Å²) in [7, 11) is 0. The Kier molecular flexibility index (Phi) is 3.92. The number of hydrogen-bond donors (Lipinski definition) is 1. The molecule has 1 aromatic carbocycles. The Hall–Kier alpha value is -1.07. The molecule has 0 saturated carbocycles. The highest BCUT2D eigenvalue weighted by Crippen LogP contribution is 2.35. The molecular weight excluding hydrogens is 243 g/mol. The largest absolute Gasteiger partial charge is 0.416 e. The summed E-state index contributed by atoms with van der Waals surface area (Å²) < 4.78 is 44.3. The lowest BCUT2D eigenvalue weighted by Crippen LogP contribution is -2.23. The second-order valence-electron chi connectivity index (χ2n) is 4.67. The minimum absolute atomic E-state index is 0.214. The third-order valence-corrected chi connectivity index (χ3v) is 3.02. The van der Waals surface area contributed by atoms with Crippen LogP contribution in [0.1, 0.15) is 24.2 Å². The molecule has 2 unspecified atom stereocenters. The molecule has 1 aliphatic heterocycles. The van der Waals surface area contributed by atoms with Crippen LogP contribution in [-0.2, 0) is 10.9 Å². The van der Waals surface area contributed by atoms with Crippen molar-refractivity contribution in [3.05, 3.63) is 35.4 Å². The summed E-state index contributed by atoms with van der Waals surface area (Å²) in [6, 6.07) is 5.61. The van der Waals surface area contributed by atoms with Crippen LogP contribution in [0.4, 0.5) is 13.2 Å². The van der Waals surface area contributed by atoms with Gasteiger partial charge in [-0.25, -0.2) is 0 Å². The van der Waals surface area contributed by atoms with Crippen LogP contribution in [0.3, 0.4) is 0 Å². The van der Waals surface area contributed by atoms with E-state index < -0.39 is 17.8 Å². The van der Waals surface area contributed by atoms with E-state index in [0.717, 1.165) is 12.6 Å². The Labute approximate surface area is 104 Å². The van der Waals surface area contributed by atoms with Gasteiger partial charge in [0, 0.05) is 13.1 Å². The summed E-state index contributed by atoms with van der Waals surface area (Å²) in [6.07, 6.45) is -4.87. The zero-order valence-corrected chi connectivity index (χ0v) is 10.1. The average Bonchev–Trinajstić information content (AvgIpc) is 2.53. The van der Waals surface area contributed by atoms with E-state index in [0.29, 0.717) is 19.1 Å². The molecule has 18 heavy (non-hydrogen) atoms. The van der Waals surface area contributed by atoms with E-state index in [-0.39, 0.29) is 5.56 Å². The lowest BCUT2D eigenvalue weighted by Gasteiger charge is -2.20. The number of halogens is 3. The van der Waals surface area contributed by atoms with Crippen molar-refractivity contribution in [2.45, 2.75) is 19.2 Å². The number of benzene rings is 1. The second-order valence-corrected chi connectivity index (χ2v) is 4.67. The van der Waals surface area contributed by atoms with Crippen LogP contribution < -0.4 is 5.32 Å². The topological polar surface area (TPSA) is 21.3 Å². The fourth-order valence-electron chi connectivity index (χ4n) is 2.09. The van der Waals surface area contributed by atoms with E-state index in [1.165, 1.54) is 12.1 Å². The molecule has 1 aliphatic rings. The average molecular weight is 259 g/mol. The van der Waals surface area contributed by atoms with Crippen molar-refractivity contribution >= 4 is 0 Å². The summed E-state index contributed by atoms with van der Waals surface area (Å²) >= 11 is 0. The summed E-state index contributed by atoms with van der Waals surface area (Å²) in [5.74, 6) is 0.313. The third kappa shape index (κ3) is 3.03. The predicted octanol–water partition coefficient (Wildman–Crippen LogP) is 3.00. The zero-order chi connectivity index (χ0) is 13.2. The van der Waals surface area contributed by atoms with E-state index in [9.17, 15) is 13.2 Å². The Morgan fingerprint density at radius 2 is 1.94 bits per heavy atom. The van der Waals surface area contributed by atoms with Gasteiger partial charge >= 0.3 is 6.18 Å².